The number of likely N-dealkylation sites (tertiary alicyclic amines) is 1. The highest BCUT2D eigenvalue weighted by atomic mass is 79.9. The van der Waals surface area contributed by atoms with Crippen LogP contribution in [-0.4, -0.2) is 23.4 Å². The molecule has 2 aromatic rings. The lowest BCUT2D eigenvalue weighted by Gasteiger charge is -2.32. The number of furan rings is 1. The van der Waals surface area contributed by atoms with Gasteiger partial charge in [-0.15, -0.1) is 0 Å². The molecule has 2 N–H and O–H groups in total. The summed E-state index contributed by atoms with van der Waals surface area (Å²) < 4.78 is 6.71. The van der Waals surface area contributed by atoms with Gasteiger partial charge in [0.2, 0.25) is 5.91 Å². The molecule has 1 aliphatic rings. The second-order valence-corrected chi connectivity index (χ2v) is 7.01. The van der Waals surface area contributed by atoms with Crippen molar-refractivity contribution in [2.24, 2.45) is 0 Å². The van der Waals surface area contributed by atoms with Crippen LogP contribution < -0.4 is 5.73 Å². The van der Waals surface area contributed by atoms with E-state index in [-0.39, 0.29) is 5.91 Å². The predicted octanol–water partition coefficient (Wildman–Crippen LogP) is 4.71. The number of piperidine rings is 1. The molecule has 1 atom stereocenters. The van der Waals surface area contributed by atoms with Crippen molar-refractivity contribution < 1.29 is 9.21 Å². The van der Waals surface area contributed by atoms with Crippen LogP contribution in [0.4, 0.5) is 5.69 Å². The number of nitrogens with two attached hydrogens (primary N) is 1. The number of hydrogen-bond acceptors (Lipinski definition) is 3. The lowest BCUT2D eigenvalue weighted by atomic mass is 10.0. The minimum Gasteiger partial charge on any atom is -0.457 e. The van der Waals surface area contributed by atoms with E-state index in [2.05, 4.69) is 22.9 Å². The van der Waals surface area contributed by atoms with E-state index in [0.717, 1.165) is 35.2 Å². The van der Waals surface area contributed by atoms with Gasteiger partial charge in [-0.05, 0) is 78.5 Å². The molecule has 1 aromatic carbocycles. The molecule has 0 radical (unpaired) electrons. The molecule has 0 aliphatic carbocycles. The van der Waals surface area contributed by atoms with Gasteiger partial charge in [0.05, 0.1) is 0 Å². The summed E-state index contributed by atoms with van der Waals surface area (Å²) >= 11 is 3.50. The Hall–Kier alpha value is -2.01. The lowest BCUT2D eigenvalue weighted by Crippen LogP contribution is -2.41. The lowest BCUT2D eigenvalue weighted by molar-refractivity contribution is -0.129. The number of carbonyl (C=O) groups is 1. The van der Waals surface area contributed by atoms with Crippen molar-refractivity contribution in [3.63, 3.8) is 0 Å². The summed E-state index contributed by atoms with van der Waals surface area (Å²) in [6.07, 6.45) is 6.70. The number of anilines is 1. The molecule has 1 aromatic heterocycles. The van der Waals surface area contributed by atoms with Gasteiger partial charge in [0.1, 0.15) is 11.5 Å². The topological polar surface area (TPSA) is 59.5 Å². The van der Waals surface area contributed by atoms with Crippen molar-refractivity contribution in [1.82, 2.24) is 4.90 Å². The fourth-order valence-electron chi connectivity index (χ4n) is 2.99. The Morgan fingerprint density at radius 3 is 2.92 bits per heavy atom. The van der Waals surface area contributed by atoms with Crippen LogP contribution in [0.1, 0.15) is 31.9 Å². The molecule has 2 heterocycles. The summed E-state index contributed by atoms with van der Waals surface area (Å²) in [5.41, 5.74) is 7.38. The smallest absolute Gasteiger partial charge is 0.246 e. The Kier molecular flexibility index (Phi) is 5.09. The second-order valence-electron chi connectivity index (χ2n) is 6.15. The van der Waals surface area contributed by atoms with Gasteiger partial charge in [-0.2, -0.15) is 0 Å². The fourth-order valence-corrected chi connectivity index (χ4v) is 3.58. The number of nitrogen functional groups attached to an aromatic ring is 1. The molecule has 5 heteroatoms. The number of nitrogens with zero attached hydrogens (tertiary/aromatic N) is 1. The third kappa shape index (κ3) is 3.73. The number of benzene rings is 1. The average Bonchev–Trinajstić information content (AvgIpc) is 3.01. The van der Waals surface area contributed by atoms with Crippen LogP contribution in [0.5, 0.6) is 0 Å². The second kappa shape index (κ2) is 7.26. The van der Waals surface area contributed by atoms with Crippen LogP contribution in [0.3, 0.4) is 0 Å². The summed E-state index contributed by atoms with van der Waals surface area (Å²) in [7, 11) is 0. The first-order valence-electron chi connectivity index (χ1n) is 8.18. The van der Waals surface area contributed by atoms with Crippen molar-refractivity contribution in [2.45, 2.75) is 32.2 Å². The number of halogens is 1. The average molecular weight is 389 g/mol. The van der Waals surface area contributed by atoms with Crippen molar-refractivity contribution in [2.75, 3.05) is 12.3 Å². The van der Waals surface area contributed by atoms with Crippen LogP contribution in [0.2, 0.25) is 0 Å². The maximum absolute atomic E-state index is 12.3. The zero-order chi connectivity index (χ0) is 17.1. The maximum Gasteiger partial charge on any atom is 0.246 e. The van der Waals surface area contributed by atoms with E-state index in [4.69, 9.17) is 10.2 Å². The zero-order valence-electron chi connectivity index (χ0n) is 13.7. The zero-order valence-corrected chi connectivity index (χ0v) is 15.3. The van der Waals surface area contributed by atoms with Crippen LogP contribution in [-0.2, 0) is 4.79 Å². The first-order chi connectivity index (χ1) is 11.5. The van der Waals surface area contributed by atoms with E-state index in [1.807, 2.05) is 35.2 Å². The van der Waals surface area contributed by atoms with Crippen LogP contribution >= 0.6 is 15.9 Å². The van der Waals surface area contributed by atoms with Crippen LogP contribution in [0, 0.1) is 0 Å². The third-order valence-corrected chi connectivity index (χ3v) is 5.02. The standard InChI is InChI=1S/C19H21BrN2O2/c1-13-4-2-3-11-22(13)19(23)10-7-15-6-9-18(24-15)16-8-5-14(21)12-17(16)20/h5-10,12-13H,2-4,11,21H2,1H3/b10-7+. The highest BCUT2D eigenvalue weighted by Crippen LogP contribution is 2.31. The van der Waals surface area contributed by atoms with Crippen molar-refractivity contribution in [3.05, 3.63) is 46.6 Å². The Balaban J connectivity index is 1.72. The molecular formula is C19H21BrN2O2. The van der Waals surface area contributed by atoms with E-state index in [9.17, 15) is 4.79 Å². The van der Waals surface area contributed by atoms with Gasteiger partial charge in [0.15, 0.2) is 0 Å². The van der Waals surface area contributed by atoms with Gasteiger partial charge >= 0.3 is 0 Å². The summed E-state index contributed by atoms with van der Waals surface area (Å²) in [4.78, 5) is 14.3. The van der Waals surface area contributed by atoms with Gasteiger partial charge in [-0.3, -0.25) is 4.79 Å². The minimum atomic E-state index is 0.0498. The van der Waals surface area contributed by atoms with E-state index >= 15 is 0 Å². The number of amides is 1. The Morgan fingerprint density at radius 1 is 1.33 bits per heavy atom. The number of rotatable bonds is 3. The van der Waals surface area contributed by atoms with Crippen molar-refractivity contribution >= 4 is 33.6 Å². The normalized spacial score (nSPS) is 18.2. The van der Waals surface area contributed by atoms with E-state index in [0.29, 0.717) is 17.5 Å². The number of carbonyl (C=O) groups excluding carboxylic acids is 1. The Morgan fingerprint density at radius 2 is 2.17 bits per heavy atom. The molecule has 0 spiro atoms. The van der Waals surface area contributed by atoms with E-state index < -0.39 is 0 Å². The Labute approximate surface area is 150 Å². The van der Waals surface area contributed by atoms with Gasteiger partial charge in [0.25, 0.3) is 0 Å². The first kappa shape index (κ1) is 16.8. The Bertz CT molecular complexity index is 766. The molecule has 0 bridgehead atoms. The summed E-state index contributed by atoms with van der Waals surface area (Å²) in [5, 5.41) is 0. The SMILES string of the molecule is CC1CCCCN1C(=O)/C=C/c1ccc(-c2ccc(N)cc2Br)o1. The molecule has 1 saturated heterocycles. The molecule has 0 saturated carbocycles. The molecular weight excluding hydrogens is 368 g/mol. The van der Waals surface area contributed by atoms with Crippen molar-refractivity contribution in [1.29, 1.82) is 0 Å². The highest BCUT2D eigenvalue weighted by Gasteiger charge is 2.21. The number of hydrogen-bond donors (Lipinski definition) is 1. The molecule has 126 valence electrons. The largest absolute Gasteiger partial charge is 0.457 e. The fraction of sp³-hybridized carbons (Fsp3) is 0.316. The molecule has 3 rings (SSSR count). The molecule has 24 heavy (non-hydrogen) atoms. The summed E-state index contributed by atoms with van der Waals surface area (Å²) in [5.74, 6) is 1.45. The highest BCUT2D eigenvalue weighted by molar-refractivity contribution is 9.10. The molecule has 4 nitrogen and oxygen atoms in total. The quantitative estimate of drug-likeness (QED) is 0.611. The van der Waals surface area contributed by atoms with Crippen LogP contribution in [0.25, 0.3) is 17.4 Å². The third-order valence-electron chi connectivity index (χ3n) is 4.36. The van der Waals surface area contributed by atoms with E-state index in [1.165, 1.54) is 6.42 Å². The predicted molar refractivity (Wildman–Crippen MR) is 100 cm³/mol. The molecule has 1 aliphatic heterocycles. The summed E-state index contributed by atoms with van der Waals surface area (Å²) in [6, 6.07) is 9.65. The summed E-state index contributed by atoms with van der Waals surface area (Å²) in [6.45, 7) is 2.95. The van der Waals surface area contributed by atoms with Gasteiger partial charge in [-0.1, -0.05) is 0 Å². The van der Waals surface area contributed by atoms with Crippen LogP contribution in [0.15, 0.2) is 45.3 Å². The minimum absolute atomic E-state index is 0.0498. The first-order valence-corrected chi connectivity index (χ1v) is 8.98. The molecule has 1 fully saturated rings. The van der Waals surface area contributed by atoms with Gasteiger partial charge in [0, 0.05) is 34.4 Å². The van der Waals surface area contributed by atoms with E-state index in [1.54, 1.807) is 12.2 Å². The maximum atomic E-state index is 12.3. The molecule has 1 amide bonds. The van der Waals surface area contributed by atoms with Gasteiger partial charge < -0.3 is 15.1 Å². The monoisotopic (exact) mass is 388 g/mol. The molecule has 1 unspecified atom stereocenters. The van der Waals surface area contributed by atoms with Crippen molar-refractivity contribution in [3.8, 4) is 11.3 Å². The van der Waals surface area contributed by atoms with Gasteiger partial charge in [-0.25, -0.2) is 0 Å².